The number of amides is 5. The number of benzene rings is 2. The van der Waals surface area contributed by atoms with E-state index in [2.05, 4.69) is 10.6 Å². The van der Waals surface area contributed by atoms with Crippen LogP contribution >= 0.6 is 0 Å². The van der Waals surface area contributed by atoms with E-state index in [0.29, 0.717) is 31.5 Å². The number of nitrogens with one attached hydrogen (secondary N) is 2. The molecule has 1 atom stereocenters. The second-order valence-electron chi connectivity index (χ2n) is 8.13. The number of hydrogen-bond acceptors (Lipinski definition) is 4. The number of imide groups is 1. The van der Waals surface area contributed by atoms with E-state index in [9.17, 15) is 19.2 Å². The van der Waals surface area contributed by atoms with Gasteiger partial charge in [-0.25, -0.2) is 4.79 Å². The van der Waals surface area contributed by atoms with E-state index in [1.807, 2.05) is 30.3 Å². The first-order chi connectivity index (χ1) is 15.0. The van der Waals surface area contributed by atoms with Crippen LogP contribution in [0.5, 0.6) is 0 Å². The lowest BCUT2D eigenvalue weighted by molar-refractivity contribution is -0.134. The van der Waals surface area contributed by atoms with Gasteiger partial charge < -0.3 is 15.5 Å². The van der Waals surface area contributed by atoms with Gasteiger partial charge in [0.2, 0.25) is 11.8 Å². The lowest BCUT2D eigenvalue weighted by Crippen LogP contribution is -2.43. The van der Waals surface area contributed by atoms with Crippen LogP contribution in [0.2, 0.25) is 0 Å². The van der Waals surface area contributed by atoms with E-state index in [0.717, 1.165) is 28.1 Å². The third-order valence-corrected chi connectivity index (χ3v) is 6.24. The van der Waals surface area contributed by atoms with Crippen LogP contribution in [0, 0.1) is 0 Å². The van der Waals surface area contributed by atoms with Crippen molar-refractivity contribution in [2.45, 2.75) is 31.2 Å². The summed E-state index contributed by atoms with van der Waals surface area (Å²) in [5.74, 6) is -0.810. The molecule has 31 heavy (non-hydrogen) atoms. The van der Waals surface area contributed by atoms with Crippen molar-refractivity contribution in [1.82, 2.24) is 10.2 Å². The quantitative estimate of drug-likeness (QED) is 0.744. The Hall–Kier alpha value is -3.68. The first-order valence-corrected chi connectivity index (χ1v) is 10.4. The Bertz CT molecular complexity index is 1110. The van der Waals surface area contributed by atoms with E-state index in [4.69, 9.17) is 0 Å². The molecule has 2 aromatic rings. The zero-order chi connectivity index (χ0) is 21.6. The molecule has 0 radical (unpaired) electrons. The van der Waals surface area contributed by atoms with E-state index < -0.39 is 23.4 Å². The van der Waals surface area contributed by atoms with Gasteiger partial charge in [0.1, 0.15) is 12.1 Å². The summed E-state index contributed by atoms with van der Waals surface area (Å²) in [4.78, 5) is 53.0. The summed E-state index contributed by atoms with van der Waals surface area (Å²) in [6, 6.07) is 14.0. The Labute approximate surface area is 179 Å². The van der Waals surface area contributed by atoms with Crippen LogP contribution in [0.3, 0.4) is 0 Å². The van der Waals surface area contributed by atoms with Gasteiger partial charge in [0.05, 0.1) is 0 Å². The highest BCUT2D eigenvalue weighted by Crippen LogP contribution is 2.41. The lowest BCUT2D eigenvalue weighted by atomic mass is 9.92. The highest BCUT2D eigenvalue weighted by Gasteiger charge is 2.55. The standard InChI is InChI=1S/C23H22N4O4/c28-19(24-16-6-3-7-17(13-16)26-12-4-9-20(26)29)14-27-21(30)23(25-22(27)31)11-10-15-5-1-2-8-18(15)23/h1-3,5-8,13H,4,9-12,14H2,(H,24,28)(H,25,31). The van der Waals surface area contributed by atoms with Crippen LogP contribution in [-0.4, -0.2) is 41.7 Å². The second-order valence-corrected chi connectivity index (χ2v) is 8.13. The van der Waals surface area contributed by atoms with Gasteiger partial charge in [-0.2, -0.15) is 0 Å². The maximum absolute atomic E-state index is 13.2. The first kappa shape index (κ1) is 19.3. The van der Waals surface area contributed by atoms with Gasteiger partial charge in [-0.1, -0.05) is 30.3 Å². The van der Waals surface area contributed by atoms with Gasteiger partial charge >= 0.3 is 6.03 Å². The Morgan fingerprint density at radius 1 is 1.06 bits per heavy atom. The van der Waals surface area contributed by atoms with Crippen molar-refractivity contribution in [2.75, 3.05) is 23.3 Å². The minimum absolute atomic E-state index is 0.0601. The zero-order valence-corrected chi connectivity index (χ0v) is 16.9. The van der Waals surface area contributed by atoms with Crippen LogP contribution in [0.1, 0.15) is 30.4 Å². The largest absolute Gasteiger partial charge is 0.325 e. The molecule has 1 aliphatic carbocycles. The van der Waals surface area contributed by atoms with Crippen molar-refractivity contribution in [3.63, 3.8) is 0 Å². The molecule has 8 nitrogen and oxygen atoms in total. The number of nitrogens with zero attached hydrogens (tertiary/aromatic N) is 2. The summed E-state index contributed by atoms with van der Waals surface area (Å²) in [6.45, 7) is 0.281. The smallest absolute Gasteiger partial charge is 0.324 e. The molecule has 2 saturated heterocycles. The molecule has 0 bridgehead atoms. The highest BCUT2D eigenvalue weighted by atomic mass is 16.2. The molecule has 3 aliphatic rings. The fraction of sp³-hybridized carbons (Fsp3) is 0.304. The van der Waals surface area contributed by atoms with Crippen molar-refractivity contribution in [2.24, 2.45) is 0 Å². The van der Waals surface area contributed by atoms with Gasteiger partial charge in [0.15, 0.2) is 0 Å². The van der Waals surface area contributed by atoms with Crippen LogP contribution in [0.25, 0.3) is 0 Å². The fourth-order valence-electron chi connectivity index (χ4n) is 4.75. The van der Waals surface area contributed by atoms with E-state index in [1.54, 1.807) is 23.1 Å². The van der Waals surface area contributed by atoms with E-state index in [1.165, 1.54) is 0 Å². The average Bonchev–Trinajstić information content (AvgIpc) is 3.42. The molecule has 0 aromatic heterocycles. The summed E-state index contributed by atoms with van der Waals surface area (Å²) < 4.78 is 0. The monoisotopic (exact) mass is 418 g/mol. The molecule has 2 heterocycles. The predicted octanol–water partition coefficient (Wildman–Crippen LogP) is 2.15. The number of fused-ring (bicyclic) bond motifs is 2. The molecule has 1 spiro atoms. The van der Waals surface area contributed by atoms with Crippen LogP contribution in [0.15, 0.2) is 48.5 Å². The second kappa shape index (κ2) is 7.23. The average molecular weight is 418 g/mol. The van der Waals surface area contributed by atoms with Gasteiger partial charge in [-0.05, 0) is 48.6 Å². The molecule has 158 valence electrons. The fourth-order valence-corrected chi connectivity index (χ4v) is 4.75. The molecule has 5 amide bonds. The summed E-state index contributed by atoms with van der Waals surface area (Å²) >= 11 is 0. The molecule has 2 fully saturated rings. The molecule has 1 unspecified atom stereocenters. The highest BCUT2D eigenvalue weighted by molar-refractivity contribution is 6.11. The van der Waals surface area contributed by atoms with Crippen LogP contribution < -0.4 is 15.5 Å². The normalized spacial score (nSPS) is 22.3. The SMILES string of the molecule is O=C(CN1C(=O)NC2(CCc3ccccc32)C1=O)Nc1cccc(N2CCCC2=O)c1. The summed E-state index contributed by atoms with van der Waals surface area (Å²) in [5, 5.41) is 5.55. The number of aryl methyl sites for hydroxylation is 1. The molecule has 0 saturated carbocycles. The Kier molecular flexibility index (Phi) is 4.50. The van der Waals surface area contributed by atoms with Crippen LogP contribution in [0.4, 0.5) is 16.2 Å². The molecule has 8 heteroatoms. The molecular weight excluding hydrogens is 396 g/mol. The number of carbonyl (C=O) groups excluding carboxylic acids is 4. The number of anilines is 2. The topological polar surface area (TPSA) is 98.8 Å². The lowest BCUT2D eigenvalue weighted by Gasteiger charge is -2.22. The summed E-state index contributed by atoms with van der Waals surface area (Å²) in [5.41, 5.74) is 1.99. The van der Waals surface area contributed by atoms with Crippen molar-refractivity contribution in [3.05, 3.63) is 59.7 Å². The zero-order valence-electron chi connectivity index (χ0n) is 16.9. The van der Waals surface area contributed by atoms with E-state index >= 15 is 0 Å². The van der Waals surface area contributed by atoms with Gasteiger partial charge in [0.25, 0.3) is 5.91 Å². The van der Waals surface area contributed by atoms with Crippen molar-refractivity contribution < 1.29 is 19.2 Å². The molecule has 5 rings (SSSR count). The third kappa shape index (κ3) is 3.15. The van der Waals surface area contributed by atoms with Gasteiger partial charge in [-0.15, -0.1) is 0 Å². The predicted molar refractivity (Wildman–Crippen MR) is 113 cm³/mol. The third-order valence-electron chi connectivity index (χ3n) is 6.24. The summed E-state index contributed by atoms with van der Waals surface area (Å²) in [6.07, 6.45) is 2.52. The maximum atomic E-state index is 13.2. The minimum Gasteiger partial charge on any atom is -0.324 e. The number of rotatable bonds is 4. The van der Waals surface area contributed by atoms with E-state index in [-0.39, 0.29) is 12.5 Å². The molecule has 2 aromatic carbocycles. The molecule has 2 N–H and O–H groups in total. The number of urea groups is 1. The minimum atomic E-state index is -1.08. The Morgan fingerprint density at radius 2 is 1.90 bits per heavy atom. The van der Waals surface area contributed by atoms with Gasteiger partial charge in [0, 0.05) is 24.3 Å². The number of carbonyl (C=O) groups is 4. The summed E-state index contributed by atoms with van der Waals surface area (Å²) in [7, 11) is 0. The van der Waals surface area contributed by atoms with Crippen LogP contribution in [-0.2, 0) is 26.3 Å². The molecule has 2 aliphatic heterocycles. The maximum Gasteiger partial charge on any atom is 0.325 e. The van der Waals surface area contributed by atoms with Crippen molar-refractivity contribution in [3.8, 4) is 0 Å². The molecular formula is C23H22N4O4. The van der Waals surface area contributed by atoms with Crippen molar-refractivity contribution >= 4 is 35.1 Å². The Morgan fingerprint density at radius 3 is 2.71 bits per heavy atom. The van der Waals surface area contributed by atoms with Gasteiger partial charge in [-0.3, -0.25) is 19.3 Å². The van der Waals surface area contributed by atoms with Crippen molar-refractivity contribution in [1.29, 1.82) is 0 Å². The number of hydrogen-bond donors (Lipinski definition) is 2. The first-order valence-electron chi connectivity index (χ1n) is 10.4. The Balaban J connectivity index is 1.30.